The lowest BCUT2D eigenvalue weighted by Crippen LogP contribution is -2.44. The average molecular weight is 310 g/mol. The van der Waals surface area contributed by atoms with Crippen LogP contribution in [0.4, 0.5) is 10.1 Å². The third-order valence-electron chi connectivity index (χ3n) is 3.20. The Balaban J connectivity index is 2.44. The zero-order chi connectivity index (χ0) is 16.8. The van der Waals surface area contributed by atoms with Crippen molar-refractivity contribution < 1.29 is 19.1 Å². The van der Waals surface area contributed by atoms with E-state index in [9.17, 15) is 19.1 Å². The largest absolute Gasteiger partial charge is 0.388 e. The van der Waals surface area contributed by atoms with Crippen molar-refractivity contribution in [2.75, 3.05) is 11.9 Å². The van der Waals surface area contributed by atoms with Gasteiger partial charge >= 0.3 is 11.8 Å². The highest BCUT2D eigenvalue weighted by Gasteiger charge is 2.23. The first kappa shape index (κ1) is 18.1. The smallest absolute Gasteiger partial charge is 0.313 e. The first-order valence-electron chi connectivity index (χ1n) is 7.27. The van der Waals surface area contributed by atoms with Gasteiger partial charge in [-0.05, 0) is 49.9 Å². The van der Waals surface area contributed by atoms with E-state index in [1.165, 1.54) is 24.3 Å². The maximum absolute atomic E-state index is 12.7. The van der Waals surface area contributed by atoms with Gasteiger partial charge in [-0.1, -0.05) is 13.8 Å². The van der Waals surface area contributed by atoms with Crippen molar-refractivity contribution >= 4 is 17.5 Å². The number of halogens is 1. The lowest BCUT2D eigenvalue weighted by molar-refractivity contribution is -0.136. The van der Waals surface area contributed by atoms with Crippen molar-refractivity contribution in [3.05, 3.63) is 30.1 Å². The van der Waals surface area contributed by atoms with Crippen molar-refractivity contribution in [2.45, 2.75) is 39.2 Å². The third-order valence-corrected chi connectivity index (χ3v) is 3.20. The highest BCUT2D eigenvalue weighted by molar-refractivity contribution is 6.39. The minimum atomic E-state index is -1.06. The van der Waals surface area contributed by atoms with Crippen molar-refractivity contribution in [3.63, 3.8) is 0 Å². The van der Waals surface area contributed by atoms with Crippen LogP contribution in [0.2, 0.25) is 0 Å². The average Bonchev–Trinajstić information content (AvgIpc) is 2.45. The lowest BCUT2D eigenvalue weighted by atomic mass is 9.95. The van der Waals surface area contributed by atoms with Gasteiger partial charge in [0.1, 0.15) is 5.82 Å². The Kier molecular flexibility index (Phi) is 6.49. The summed E-state index contributed by atoms with van der Waals surface area (Å²) < 4.78 is 12.7. The Hall–Kier alpha value is -1.95. The molecule has 0 aliphatic carbocycles. The number of carbonyl (C=O) groups excluding carboxylic acids is 2. The molecule has 5 nitrogen and oxygen atoms in total. The number of amides is 2. The maximum atomic E-state index is 12.7. The molecule has 0 saturated carbocycles. The summed E-state index contributed by atoms with van der Waals surface area (Å²) in [5, 5.41) is 14.9. The third kappa shape index (κ3) is 6.67. The van der Waals surface area contributed by atoms with E-state index in [1.807, 2.05) is 13.8 Å². The van der Waals surface area contributed by atoms with Gasteiger partial charge in [0.15, 0.2) is 0 Å². The molecule has 6 heteroatoms. The molecule has 0 aliphatic heterocycles. The molecule has 22 heavy (non-hydrogen) atoms. The molecule has 1 aromatic rings. The van der Waals surface area contributed by atoms with E-state index in [4.69, 9.17) is 0 Å². The van der Waals surface area contributed by atoms with Gasteiger partial charge in [-0.3, -0.25) is 9.59 Å². The standard InChI is InChI=1S/C16H23FN2O3/c1-11(2)8-9-16(3,22)10-18-14(20)15(21)19-13-6-4-12(17)5-7-13/h4-7,11,22H,8-10H2,1-3H3,(H,18,20)(H,19,21)/t16-/m0/s1. The van der Waals surface area contributed by atoms with Gasteiger partial charge < -0.3 is 15.7 Å². The lowest BCUT2D eigenvalue weighted by Gasteiger charge is -2.24. The quantitative estimate of drug-likeness (QED) is 0.704. The molecule has 0 aromatic heterocycles. The van der Waals surface area contributed by atoms with Crippen LogP contribution in [0.25, 0.3) is 0 Å². The summed E-state index contributed by atoms with van der Waals surface area (Å²) in [6, 6.07) is 5.09. The molecule has 0 fully saturated rings. The second-order valence-corrected chi connectivity index (χ2v) is 6.07. The van der Waals surface area contributed by atoms with E-state index in [1.54, 1.807) is 6.92 Å². The van der Waals surface area contributed by atoms with Gasteiger partial charge in [-0.2, -0.15) is 0 Å². The first-order valence-corrected chi connectivity index (χ1v) is 7.27. The monoisotopic (exact) mass is 310 g/mol. The fraction of sp³-hybridized carbons (Fsp3) is 0.500. The second-order valence-electron chi connectivity index (χ2n) is 6.07. The summed E-state index contributed by atoms with van der Waals surface area (Å²) in [5.41, 5.74) is -0.732. The van der Waals surface area contributed by atoms with Crippen LogP contribution in [-0.2, 0) is 9.59 Å². The van der Waals surface area contributed by atoms with Crippen LogP contribution in [-0.4, -0.2) is 29.1 Å². The Labute approximate surface area is 129 Å². The van der Waals surface area contributed by atoms with E-state index in [-0.39, 0.29) is 6.54 Å². The number of carbonyl (C=O) groups is 2. The maximum Gasteiger partial charge on any atom is 0.313 e. The van der Waals surface area contributed by atoms with Crippen LogP contribution in [0.1, 0.15) is 33.6 Å². The van der Waals surface area contributed by atoms with Crippen LogP contribution in [0, 0.1) is 11.7 Å². The van der Waals surface area contributed by atoms with E-state index >= 15 is 0 Å². The molecule has 1 rings (SSSR count). The molecule has 0 heterocycles. The van der Waals surface area contributed by atoms with Gasteiger partial charge in [-0.25, -0.2) is 4.39 Å². The number of aliphatic hydroxyl groups is 1. The van der Waals surface area contributed by atoms with Crippen molar-refractivity contribution in [1.82, 2.24) is 5.32 Å². The van der Waals surface area contributed by atoms with E-state index in [0.717, 1.165) is 6.42 Å². The van der Waals surface area contributed by atoms with Crippen LogP contribution in [0.5, 0.6) is 0 Å². The van der Waals surface area contributed by atoms with Crippen molar-refractivity contribution in [1.29, 1.82) is 0 Å². The Morgan fingerprint density at radius 1 is 1.23 bits per heavy atom. The Bertz CT molecular complexity index is 513. The van der Waals surface area contributed by atoms with Gasteiger partial charge in [0.25, 0.3) is 0 Å². The molecule has 0 bridgehead atoms. The predicted octanol–water partition coefficient (Wildman–Crippen LogP) is 2.07. The minimum Gasteiger partial charge on any atom is -0.388 e. The van der Waals surface area contributed by atoms with Crippen molar-refractivity contribution in [3.8, 4) is 0 Å². The molecule has 3 N–H and O–H groups in total. The second kappa shape index (κ2) is 7.89. The van der Waals surface area contributed by atoms with E-state index in [2.05, 4.69) is 10.6 Å². The molecule has 0 spiro atoms. The van der Waals surface area contributed by atoms with Gasteiger partial charge in [-0.15, -0.1) is 0 Å². The summed E-state index contributed by atoms with van der Waals surface area (Å²) in [6.45, 7) is 5.71. The van der Waals surface area contributed by atoms with Gasteiger partial charge in [0.2, 0.25) is 0 Å². The highest BCUT2D eigenvalue weighted by Crippen LogP contribution is 2.15. The topological polar surface area (TPSA) is 78.4 Å². The molecular weight excluding hydrogens is 287 g/mol. The summed E-state index contributed by atoms with van der Waals surface area (Å²) >= 11 is 0. The number of hydrogen-bond acceptors (Lipinski definition) is 3. The predicted molar refractivity (Wildman–Crippen MR) is 82.7 cm³/mol. The molecule has 0 aliphatic rings. The van der Waals surface area contributed by atoms with Gasteiger partial charge in [0.05, 0.1) is 5.60 Å². The summed E-state index contributed by atoms with van der Waals surface area (Å²) in [4.78, 5) is 23.4. The van der Waals surface area contributed by atoms with Crippen LogP contribution in [0.3, 0.4) is 0 Å². The summed E-state index contributed by atoms with van der Waals surface area (Å²) in [6.07, 6.45) is 1.36. The number of benzene rings is 1. The number of hydrogen-bond donors (Lipinski definition) is 3. The molecule has 0 unspecified atom stereocenters. The zero-order valence-corrected chi connectivity index (χ0v) is 13.1. The van der Waals surface area contributed by atoms with Crippen LogP contribution >= 0.6 is 0 Å². The molecule has 0 radical (unpaired) electrons. The zero-order valence-electron chi connectivity index (χ0n) is 13.1. The van der Waals surface area contributed by atoms with E-state index < -0.39 is 23.2 Å². The summed E-state index contributed by atoms with van der Waals surface area (Å²) in [5.74, 6) is -1.67. The van der Waals surface area contributed by atoms with E-state index in [0.29, 0.717) is 18.0 Å². The molecule has 0 saturated heterocycles. The summed E-state index contributed by atoms with van der Waals surface area (Å²) in [7, 11) is 0. The van der Waals surface area contributed by atoms with Crippen LogP contribution < -0.4 is 10.6 Å². The number of anilines is 1. The Morgan fingerprint density at radius 2 is 1.82 bits per heavy atom. The normalized spacial score (nSPS) is 13.5. The highest BCUT2D eigenvalue weighted by atomic mass is 19.1. The molecule has 1 atom stereocenters. The van der Waals surface area contributed by atoms with Crippen molar-refractivity contribution in [2.24, 2.45) is 5.92 Å². The molecule has 1 aromatic carbocycles. The van der Waals surface area contributed by atoms with Crippen LogP contribution in [0.15, 0.2) is 24.3 Å². The molecular formula is C16H23FN2O3. The fourth-order valence-electron chi connectivity index (χ4n) is 1.76. The fourth-order valence-corrected chi connectivity index (χ4v) is 1.76. The van der Waals surface area contributed by atoms with Gasteiger partial charge in [0, 0.05) is 12.2 Å². The first-order chi connectivity index (χ1) is 10.2. The molecule has 2 amide bonds. The number of nitrogens with one attached hydrogen (secondary N) is 2. The number of rotatable bonds is 6. The Morgan fingerprint density at radius 3 is 2.36 bits per heavy atom. The SMILES string of the molecule is CC(C)CC[C@](C)(O)CNC(=O)C(=O)Nc1ccc(F)cc1. The molecule has 122 valence electrons. The minimum absolute atomic E-state index is 0.00457.